The van der Waals surface area contributed by atoms with Crippen LogP contribution < -0.4 is 10.9 Å². The Balaban J connectivity index is 1.80. The molecule has 6 nitrogen and oxygen atoms in total. The van der Waals surface area contributed by atoms with E-state index in [4.69, 9.17) is 11.6 Å². The number of anilines is 1. The molecule has 0 radical (unpaired) electrons. The highest BCUT2D eigenvalue weighted by Crippen LogP contribution is 2.21. The summed E-state index contributed by atoms with van der Waals surface area (Å²) >= 11 is 5.95. The first-order valence-electron chi connectivity index (χ1n) is 7.82. The van der Waals surface area contributed by atoms with Gasteiger partial charge in [0.05, 0.1) is 18.0 Å². The van der Waals surface area contributed by atoms with E-state index < -0.39 is 21.0 Å². The van der Waals surface area contributed by atoms with Crippen molar-refractivity contribution >= 4 is 33.0 Å². The number of hydrogen-bond acceptors (Lipinski definition) is 4. The van der Waals surface area contributed by atoms with Gasteiger partial charge in [-0.2, -0.15) is 0 Å². The summed E-state index contributed by atoms with van der Waals surface area (Å²) in [6.45, 7) is 0.296. The van der Waals surface area contributed by atoms with Crippen LogP contribution >= 0.6 is 11.6 Å². The number of pyridine rings is 1. The van der Waals surface area contributed by atoms with Crippen LogP contribution in [0.2, 0.25) is 5.02 Å². The molecule has 1 aromatic carbocycles. The lowest BCUT2D eigenvalue weighted by Gasteiger charge is -2.12. The van der Waals surface area contributed by atoms with Crippen molar-refractivity contribution in [1.82, 2.24) is 4.57 Å². The number of hydrogen-bond donors (Lipinski definition) is 1. The van der Waals surface area contributed by atoms with Crippen molar-refractivity contribution in [3.8, 4) is 0 Å². The standard InChI is InChI=1S/C17H17ClN2O4S/c18-13-4-1-3-12(9-13)10-20-11-14(6-7-16(20)21)19-17(22)15-5-2-8-25(15,23)24/h1,3-4,6-7,9,11,15H,2,5,8,10H2,(H,19,22). The Morgan fingerprint density at radius 3 is 2.76 bits per heavy atom. The summed E-state index contributed by atoms with van der Waals surface area (Å²) in [5.74, 6) is -0.509. The molecule has 3 rings (SSSR count). The molecular formula is C17H17ClN2O4S. The molecule has 1 saturated heterocycles. The summed E-state index contributed by atoms with van der Waals surface area (Å²) in [6.07, 6.45) is 2.33. The van der Waals surface area contributed by atoms with Crippen LogP contribution in [0.4, 0.5) is 5.69 Å². The molecule has 25 heavy (non-hydrogen) atoms. The maximum atomic E-state index is 12.2. The Morgan fingerprint density at radius 1 is 1.28 bits per heavy atom. The summed E-state index contributed by atoms with van der Waals surface area (Å²) in [6, 6.07) is 9.93. The van der Waals surface area contributed by atoms with E-state index in [-0.39, 0.29) is 11.3 Å². The number of sulfone groups is 1. The summed E-state index contributed by atoms with van der Waals surface area (Å²) < 4.78 is 25.2. The maximum Gasteiger partial charge on any atom is 0.250 e. The van der Waals surface area contributed by atoms with E-state index in [1.165, 1.54) is 22.9 Å². The number of rotatable bonds is 4. The van der Waals surface area contributed by atoms with Gasteiger partial charge < -0.3 is 9.88 Å². The molecule has 132 valence electrons. The first kappa shape index (κ1) is 17.7. The van der Waals surface area contributed by atoms with Crippen LogP contribution in [0, 0.1) is 0 Å². The number of halogens is 1. The molecule has 1 aromatic heterocycles. The average molecular weight is 381 g/mol. The SMILES string of the molecule is O=C(Nc1ccc(=O)n(Cc2cccc(Cl)c2)c1)C1CCCS1(=O)=O. The number of carbonyl (C=O) groups is 1. The first-order valence-corrected chi connectivity index (χ1v) is 9.92. The predicted octanol–water partition coefficient (Wildman–Crippen LogP) is 2.07. The largest absolute Gasteiger partial charge is 0.324 e. The molecule has 0 bridgehead atoms. The third-order valence-electron chi connectivity index (χ3n) is 4.11. The van der Waals surface area contributed by atoms with Crippen molar-refractivity contribution in [2.75, 3.05) is 11.1 Å². The summed E-state index contributed by atoms with van der Waals surface area (Å²) in [7, 11) is -3.37. The summed E-state index contributed by atoms with van der Waals surface area (Å²) in [5.41, 5.74) is 0.997. The minimum Gasteiger partial charge on any atom is -0.324 e. The van der Waals surface area contributed by atoms with Crippen LogP contribution in [0.1, 0.15) is 18.4 Å². The van der Waals surface area contributed by atoms with Crippen molar-refractivity contribution in [2.24, 2.45) is 0 Å². The van der Waals surface area contributed by atoms with Crippen molar-refractivity contribution < 1.29 is 13.2 Å². The maximum absolute atomic E-state index is 12.2. The topological polar surface area (TPSA) is 85.2 Å². The number of aromatic nitrogens is 1. The molecular weight excluding hydrogens is 364 g/mol. The second-order valence-corrected chi connectivity index (χ2v) is 8.74. The molecule has 1 aliphatic rings. The molecule has 1 amide bonds. The zero-order chi connectivity index (χ0) is 18.0. The lowest BCUT2D eigenvalue weighted by Crippen LogP contribution is -2.32. The molecule has 0 saturated carbocycles. The Labute approximate surface area is 150 Å². The molecule has 1 aliphatic heterocycles. The molecule has 0 spiro atoms. The number of nitrogens with one attached hydrogen (secondary N) is 1. The van der Waals surface area contributed by atoms with Crippen LogP contribution in [0.5, 0.6) is 0 Å². The number of carbonyl (C=O) groups excluding carboxylic acids is 1. The van der Waals surface area contributed by atoms with Gasteiger partial charge in [-0.25, -0.2) is 8.42 Å². The lowest BCUT2D eigenvalue weighted by molar-refractivity contribution is -0.115. The lowest BCUT2D eigenvalue weighted by atomic mass is 10.2. The van der Waals surface area contributed by atoms with E-state index in [1.54, 1.807) is 18.2 Å². The smallest absolute Gasteiger partial charge is 0.250 e. The van der Waals surface area contributed by atoms with Crippen LogP contribution in [0.25, 0.3) is 0 Å². The van der Waals surface area contributed by atoms with E-state index >= 15 is 0 Å². The molecule has 1 unspecified atom stereocenters. The summed E-state index contributed by atoms with van der Waals surface area (Å²) in [5, 5.41) is 2.16. The van der Waals surface area contributed by atoms with Gasteiger partial charge in [0, 0.05) is 17.3 Å². The fraction of sp³-hybridized carbons (Fsp3) is 0.294. The second-order valence-electron chi connectivity index (χ2n) is 6.00. The first-order chi connectivity index (χ1) is 11.8. The van der Waals surface area contributed by atoms with Crippen molar-refractivity contribution in [2.45, 2.75) is 24.6 Å². The Bertz CT molecular complexity index is 969. The van der Waals surface area contributed by atoms with E-state index in [2.05, 4.69) is 5.32 Å². The average Bonchev–Trinajstić information content (AvgIpc) is 2.90. The van der Waals surface area contributed by atoms with Gasteiger partial charge in [-0.3, -0.25) is 9.59 Å². The van der Waals surface area contributed by atoms with Crippen LogP contribution in [-0.4, -0.2) is 29.9 Å². The second kappa shape index (κ2) is 7.01. The van der Waals surface area contributed by atoms with Gasteiger partial charge in [0.25, 0.3) is 5.56 Å². The van der Waals surface area contributed by atoms with Gasteiger partial charge in [0.15, 0.2) is 9.84 Å². The minimum absolute atomic E-state index is 0.0410. The van der Waals surface area contributed by atoms with Gasteiger partial charge in [-0.15, -0.1) is 0 Å². The van der Waals surface area contributed by atoms with Crippen molar-refractivity contribution in [1.29, 1.82) is 0 Å². The van der Waals surface area contributed by atoms with Crippen LogP contribution in [0.3, 0.4) is 0 Å². The Morgan fingerprint density at radius 2 is 2.08 bits per heavy atom. The Hall–Kier alpha value is -2.12. The van der Waals surface area contributed by atoms with Gasteiger partial charge in [-0.05, 0) is 36.6 Å². The number of nitrogens with zero attached hydrogens (tertiary/aromatic N) is 1. The fourth-order valence-electron chi connectivity index (χ4n) is 2.87. The fourth-order valence-corrected chi connectivity index (χ4v) is 4.85. The normalized spacial score (nSPS) is 18.8. The molecule has 1 N–H and O–H groups in total. The third kappa shape index (κ3) is 4.11. The quantitative estimate of drug-likeness (QED) is 0.879. The van der Waals surface area contributed by atoms with Crippen LogP contribution in [-0.2, 0) is 21.2 Å². The van der Waals surface area contributed by atoms with E-state index in [1.807, 2.05) is 6.07 Å². The van der Waals surface area contributed by atoms with Gasteiger partial charge >= 0.3 is 0 Å². The predicted molar refractivity (Wildman–Crippen MR) is 96.7 cm³/mol. The zero-order valence-electron chi connectivity index (χ0n) is 13.3. The number of amides is 1. The molecule has 2 aromatic rings. The van der Waals surface area contributed by atoms with Crippen molar-refractivity contribution in [3.63, 3.8) is 0 Å². The molecule has 0 aliphatic carbocycles. The van der Waals surface area contributed by atoms with Crippen LogP contribution in [0.15, 0.2) is 47.4 Å². The van der Waals surface area contributed by atoms with Gasteiger partial charge in [0.1, 0.15) is 5.25 Å². The summed E-state index contributed by atoms with van der Waals surface area (Å²) in [4.78, 5) is 24.3. The highest BCUT2D eigenvalue weighted by atomic mass is 35.5. The van der Waals surface area contributed by atoms with E-state index in [0.717, 1.165) is 5.56 Å². The Kier molecular flexibility index (Phi) is 4.96. The van der Waals surface area contributed by atoms with Crippen molar-refractivity contribution in [3.05, 3.63) is 63.5 Å². The molecule has 1 atom stereocenters. The zero-order valence-corrected chi connectivity index (χ0v) is 14.9. The monoisotopic (exact) mass is 380 g/mol. The van der Waals surface area contributed by atoms with Gasteiger partial charge in [0.2, 0.25) is 5.91 Å². The minimum atomic E-state index is -3.37. The van der Waals surface area contributed by atoms with E-state index in [9.17, 15) is 18.0 Å². The van der Waals surface area contributed by atoms with Gasteiger partial charge in [-0.1, -0.05) is 23.7 Å². The number of benzene rings is 1. The third-order valence-corrected chi connectivity index (χ3v) is 6.52. The van der Waals surface area contributed by atoms with E-state index in [0.29, 0.717) is 30.1 Å². The molecule has 2 heterocycles. The highest BCUT2D eigenvalue weighted by molar-refractivity contribution is 7.93. The molecule has 8 heteroatoms. The molecule has 1 fully saturated rings. The highest BCUT2D eigenvalue weighted by Gasteiger charge is 2.37.